The number of ether oxygens (including phenoxy) is 1. The first-order valence-electron chi connectivity index (χ1n) is 5.61. The highest BCUT2D eigenvalue weighted by molar-refractivity contribution is 5.39. The van der Waals surface area contributed by atoms with E-state index in [-0.39, 0.29) is 0 Å². The molecule has 2 heterocycles. The molecular weight excluding hydrogens is 202 g/mol. The molecule has 16 heavy (non-hydrogen) atoms. The molecule has 4 nitrogen and oxygen atoms in total. The quantitative estimate of drug-likeness (QED) is 0.747. The summed E-state index contributed by atoms with van der Waals surface area (Å²) in [6, 6.07) is 6.13. The number of nitrogens with zero attached hydrogens (tertiary/aromatic N) is 2. The van der Waals surface area contributed by atoms with Crippen LogP contribution in [0.2, 0.25) is 0 Å². The second-order valence-electron chi connectivity index (χ2n) is 3.55. The molecule has 2 rings (SSSR count). The normalized spacial score (nSPS) is 11.1. The Morgan fingerprint density at radius 1 is 1.44 bits per heavy atom. The smallest absolute Gasteiger partial charge is 0.136 e. The van der Waals surface area contributed by atoms with E-state index in [4.69, 9.17) is 4.74 Å². The van der Waals surface area contributed by atoms with Gasteiger partial charge in [0.2, 0.25) is 0 Å². The van der Waals surface area contributed by atoms with Gasteiger partial charge in [0.1, 0.15) is 5.65 Å². The van der Waals surface area contributed by atoms with Crippen molar-refractivity contribution in [2.24, 2.45) is 0 Å². The van der Waals surface area contributed by atoms with Gasteiger partial charge in [0, 0.05) is 37.8 Å². The molecule has 86 valence electrons. The molecule has 4 heteroatoms. The fourth-order valence-electron chi connectivity index (χ4n) is 1.66. The molecule has 2 aromatic rings. The minimum absolute atomic E-state index is 0.760. The third-order valence-electron chi connectivity index (χ3n) is 2.45. The SMILES string of the molecule is CCOCCNCc1cccc2nccn12. The van der Waals surface area contributed by atoms with Crippen LogP contribution in [-0.4, -0.2) is 29.1 Å². The third-order valence-corrected chi connectivity index (χ3v) is 2.45. The van der Waals surface area contributed by atoms with Gasteiger partial charge in [0.15, 0.2) is 0 Å². The average molecular weight is 219 g/mol. The second kappa shape index (κ2) is 5.63. The van der Waals surface area contributed by atoms with Crippen molar-refractivity contribution in [1.82, 2.24) is 14.7 Å². The summed E-state index contributed by atoms with van der Waals surface area (Å²) >= 11 is 0. The van der Waals surface area contributed by atoms with Crippen LogP contribution in [0.25, 0.3) is 5.65 Å². The summed E-state index contributed by atoms with van der Waals surface area (Å²) in [5, 5.41) is 3.34. The van der Waals surface area contributed by atoms with E-state index in [1.165, 1.54) is 5.69 Å². The number of nitrogens with one attached hydrogen (secondary N) is 1. The lowest BCUT2D eigenvalue weighted by Crippen LogP contribution is -2.20. The predicted molar refractivity (Wildman–Crippen MR) is 63.4 cm³/mol. The Morgan fingerprint density at radius 3 is 3.25 bits per heavy atom. The van der Waals surface area contributed by atoms with Crippen LogP contribution in [0.1, 0.15) is 12.6 Å². The van der Waals surface area contributed by atoms with E-state index in [0.717, 1.165) is 32.0 Å². The van der Waals surface area contributed by atoms with E-state index >= 15 is 0 Å². The van der Waals surface area contributed by atoms with Crippen molar-refractivity contribution < 1.29 is 4.74 Å². The van der Waals surface area contributed by atoms with Gasteiger partial charge >= 0.3 is 0 Å². The van der Waals surface area contributed by atoms with Gasteiger partial charge in [-0.15, -0.1) is 0 Å². The zero-order valence-corrected chi connectivity index (χ0v) is 9.52. The highest BCUT2D eigenvalue weighted by Crippen LogP contribution is 2.05. The van der Waals surface area contributed by atoms with E-state index in [1.807, 2.05) is 31.5 Å². The maximum absolute atomic E-state index is 5.26. The van der Waals surface area contributed by atoms with Gasteiger partial charge in [-0.3, -0.25) is 0 Å². The molecule has 0 aliphatic rings. The summed E-state index contributed by atoms with van der Waals surface area (Å²) in [6.45, 7) is 5.25. The van der Waals surface area contributed by atoms with Crippen LogP contribution in [0.3, 0.4) is 0 Å². The maximum atomic E-state index is 5.26. The van der Waals surface area contributed by atoms with Crippen LogP contribution in [0.5, 0.6) is 0 Å². The number of imidazole rings is 1. The van der Waals surface area contributed by atoms with Crippen molar-refractivity contribution in [3.05, 3.63) is 36.3 Å². The van der Waals surface area contributed by atoms with Crippen LogP contribution in [0.15, 0.2) is 30.6 Å². The van der Waals surface area contributed by atoms with Crippen LogP contribution in [0.4, 0.5) is 0 Å². The monoisotopic (exact) mass is 219 g/mol. The van der Waals surface area contributed by atoms with Crippen molar-refractivity contribution in [3.8, 4) is 0 Å². The van der Waals surface area contributed by atoms with E-state index in [9.17, 15) is 0 Å². The fraction of sp³-hybridized carbons (Fsp3) is 0.417. The van der Waals surface area contributed by atoms with Gasteiger partial charge < -0.3 is 14.5 Å². The lowest BCUT2D eigenvalue weighted by Gasteiger charge is -2.07. The van der Waals surface area contributed by atoms with E-state index < -0.39 is 0 Å². The fourth-order valence-corrected chi connectivity index (χ4v) is 1.66. The Kier molecular flexibility index (Phi) is 3.91. The van der Waals surface area contributed by atoms with Crippen molar-refractivity contribution in [3.63, 3.8) is 0 Å². The molecule has 0 aliphatic carbocycles. The number of fused-ring (bicyclic) bond motifs is 1. The van der Waals surface area contributed by atoms with Crippen molar-refractivity contribution >= 4 is 5.65 Å². The Hall–Kier alpha value is -1.39. The lowest BCUT2D eigenvalue weighted by molar-refractivity contribution is 0.149. The summed E-state index contributed by atoms with van der Waals surface area (Å²) in [6.07, 6.45) is 3.80. The molecule has 0 fully saturated rings. The highest BCUT2D eigenvalue weighted by Gasteiger charge is 1.99. The lowest BCUT2D eigenvalue weighted by atomic mass is 10.3. The molecule has 0 atom stereocenters. The Labute approximate surface area is 95.3 Å². The molecule has 0 aliphatic heterocycles. The summed E-state index contributed by atoms with van der Waals surface area (Å²) in [7, 11) is 0. The predicted octanol–water partition coefficient (Wildman–Crippen LogP) is 1.46. The molecule has 0 aromatic carbocycles. The number of aromatic nitrogens is 2. The number of rotatable bonds is 6. The second-order valence-corrected chi connectivity index (χ2v) is 3.55. The first-order chi connectivity index (χ1) is 7.92. The van der Waals surface area contributed by atoms with Crippen molar-refractivity contribution in [2.45, 2.75) is 13.5 Å². The van der Waals surface area contributed by atoms with Crippen LogP contribution < -0.4 is 5.32 Å². The van der Waals surface area contributed by atoms with Gasteiger partial charge in [-0.25, -0.2) is 4.98 Å². The molecule has 1 N–H and O–H groups in total. The summed E-state index contributed by atoms with van der Waals surface area (Å²) in [4.78, 5) is 4.25. The molecule has 0 bridgehead atoms. The van der Waals surface area contributed by atoms with E-state index in [2.05, 4.69) is 20.8 Å². The van der Waals surface area contributed by atoms with Gasteiger partial charge in [-0.2, -0.15) is 0 Å². The zero-order valence-electron chi connectivity index (χ0n) is 9.52. The van der Waals surface area contributed by atoms with Crippen LogP contribution in [-0.2, 0) is 11.3 Å². The standard InChI is InChI=1S/C12H17N3O/c1-2-16-9-7-13-10-11-4-3-5-12-14-6-8-15(11)12/h3-6,8,13H,2,7,9-10H2,1H3. The zero-order chi connectivity index (χ0) is 11.2. The topological polar surface area (TPSA) is 38.6 Å². The molecule has 2 aromatic heterocycles. The Morgan fingerprint density at radius 2 is 2.38 bits per heavy atom. The minimum atomic E-state index is 0.760. The molecule has 0 spiro atoms. The Balaban J connectivity index is 1.91. The molecule has 0 saturated carbocycles. The minimum Gasteiger partial charge on any atom is -0.380 e. The van der Waals surface area contributed by atoms with Crippen molar-refractivity contribution in [2.75, 3.05) is 19.8 Å². The summed E-state index contributed by atoms with van der Waals surface area (Å²) < 4.78 is 7.35. The molecule has 0 amide bonds. The average Bonchev–Trinajstić information content (AvgIpc) is 2.77. The van der Waals surface area contributed by atoms with Gasteiger partial charge in [-0.05, 0) is 19.1 Å². The summed E-state index contributed by atoms with van der Waals surface area (Å²) in [5.41, 5.74) is 2.20. The number of hydrogen-bond donors (Lipinski definition) is 1. The van der Waals surface area contributed by atoms with Crippen LogP contribution in [0, 0.1) is 0 Å². The molecular formula is C12H17N3O. The molecule has 0 saturated heterocycles. The van der Waals surface area contributed by atoms with E-state index in [1.54, 1.807) is 0 Å². The third kappa shape index (κ3) is 2.59. The van der Waals surface area contributed by atoms with Gasteiger partial charge in [-0.1, -0.05) is 6.07 Å². The van der Waals surface area contributed by atoms with Gasteiger partial charge in [0.25, 0.3) is 0 Å². The summed E-state index contributed by atoms with van der Waals surface area (Å²) in [5.74, 6) is 0. The maximum Gasteiger partial charge on any atom is 0.136 e. The highest BCUT2D eigenvalue weighted by atomic mass is 16.5. The van der Waals surface area contributed by atoms with Gasteiger partial charge in [0.05, 0.1) is 6.61 Å². The molecule has 0 unspecified atom stereocenters. The van der Waals surface area contributed by atoms with E-state index in [0.29, 0.717) is 0 Å². The first kappa shape index (κ1) is 11.1. The largest absolute Gasteiger partial charge is 0.380 e. The first-order valence-corrected chi connectivity index (χ1v) is 5.61. The Bertz CT molecular complexity index is 439. The molecule has 0 radical (unpaired) electrons. The van der Waals surface area contributed by atoms with Crippen LogP contribution >= 0.6 is 0 Å². The number of pyridine rings is 1. The van der Waals surface area contributed by atoms with Crippen molar-refractivity contribution in [1.29, 1.82) is 0 Å². The number of hydrogen-bond acceptors (Lipinski definition) is 3.